The highest BCUT2D eigenvalue weighted by atomic mass is 79.9. The van der Waals surface area contributed by atoms with Crippen LogP contribution in [0.15, 0.2) is 22.7 Å². The van der Waals surface area contributed by atoms with Crippen molar-refractivity contribution in [2.45, 2.75) is 6.42 Å². The molecule has 0 unspecified atom stereocenters. The zero-order valence-corrected chi connectivity index (χ0v) is 11.9. The highest BCUT2D eigenvalue weighted by Gasteiger charge is 2.37. The van der Waals surface area contributed by atoms with E-state index in [1.54, 1.807) is 18.2 Å². The molecule has 1 heterocycles. The summed E-state index contributed by atoms with van der Waals surface area (Å²) in [4.78, 5) is 36.6. The Morgan fingerprint density at radius 3 is 2.85 bits per heavy atom. The van der Waals surface area contributed by atoms with Crippen LogP contribution in [-0.4, -0.2) is 30.7 Å². The van der Waals surface area contributed by atoms with Gasteiger partial charge in [0, 0.05) is 11.0 Å². The number of ketones is 1. The SMILES string of the molecule is N#CCCNC(=O)CN1C(=O)C(=O)c2cccc(Br)c21. The molecular weight excluding hydrogens is 326 g/mol. The number of anilines is 1. The van der Waals surface area contributed by atoms with E-state index in [-0.39, 0.29) is 25.1 Å². The minimum atomic E-state index is -0.720. The number of fused-ring (bicyclic) bond motifs is 1. The number of hydrogen-bond donors (Lipinski definition) is 1. The van der Waals surface area contributed by atoms with Crippen molar-refractivity contribution in [1.82, 2.24) is 5.32 Å². The highest BCUT2D eigenvalue weighted by Crippen LogP contribution is 2.35. The zero-order chi connectivity index (χ0) is 14.7. The minimum absolute atomic E-state index is 0.193. The predicted molar refractivity (Wildman–Crippen MR) is 74.1 cm³/mol. The van der Waals surface area contributed by atoms with Crippen molar-refractivity contribution in [3.63, 3.8) is 0 Å². The molecule has 102 valence electrons. The third-order valence-corrected chi connectivity index (χ3v) is 3.44. The summed E-state index contributed by atoms with van der Waals surface area (Å²) in [6.45, 7) is -0.0280. The van der Waals surface area contributed by atoms with Crippen LogP contribution in [0, 0.1) is 11.3 Å². The lowest BCUT2D eigenvalue weighted by Crippen LogP contribution is -2.40. The molecule has 1 N–H and O–H groups in total. The molecule has 7 heteroatoms. The molecule has 0 radical (unpaired) electrons. The molecule has 6 nitrogen and oxygen atoms in total. The zero-order valence-electron chi connectivity index (χ0n) is 10.4. The molecule has 0 fully saturated rings. The van der Waals surface area contributed by atoms with Crippen LogP contribution in [0.25, 0.3) is 0 Å². The van der Waals surface area contributed by atoms with Gasteiger partial charge in [0.25, 0.3) is 11.7 Å². The smallest absolute Gasteiger partial charge is 0.299 e. The Hall–Kier alpha value is -2.20. The van der Waals surface area contributed by atoms with Crippen molar-refractivity contribution in [2.75, 3.05) is 18.0 Å². The van der Waals surface area contributed by atoms with Crippen LogP contribution in [0.2, 0.25) is 0 Å². The van der Waals surface area contributed by atoms with Crippen molar-refractivity contribution in [3.05, 3.63) is 28.2 Å². The van der Waals surface area contributed by atoms with Crippen LogP contribution in [0.5, 0.6) is 0 Å². The molecular formula is C13H10BrN3O3. The van der Waals surface area contributed by atoms with E-state index >= 15 is 0 Å². The van der Waals surface area contributed by atoms with Gasteiger partial charge in [0.15, 0.2) is 0 Å². The van der Waals surface area contributed by atoms with Crippen LogP contribution in [0.1, 0.15) is 16.8 Å². The first-order valence-electron chi connectivity index (χ1n) is 5.84. The lowest BCUT2D eigenvalue weighted by atomic mass is 10.1. The molecule has 0 aliphatic carbocycles. The lowest BCUT2D eigenvalue weighted by Gasteiger charge is -2.17. The van der Waals surface area contributed by atoms with Gasteiger partial charge in [-0.3, -0.25) is 19.3 Å². The van der Waals surface area contributed by atoms with Crippen LogP contribution in [-0.2, 0) is 9.59 Å². The number of Topliss-reactive ketones (excluding diaryl/α,β-unsaturated/α-hetero) is 1. The average molecular weight is 336 g/mol. The Morgan fingerprint density at radius 2 is 2.15 bits per heavy atom. The fourth-order valence-electron chi connectivity index (χ4n) is 1.92. The van der Waals surface area contributed by atoms with Crippen molar-refractivity contribution in [3.8, 4) is 6.07 Å². The number of rotatable bonds is 4. The number of amides is 2. The summed E-state index contributed by atoms with van der Waals surface area (Å²) in [6.07, 6.45) is 0.193. The molecule has 1 aromatic carbocycles. The molecule has 20 heavy (non-hydrogen) atoms. The van der Waals surface area contributed by atoms with E-state index in [0.717, 1.165) is 4.90 Å². The van der Waals surface area contributed by atoms with E-state index in [0.29, 0.717) is 10.2 Å². The van der Waals surface area contributed by atoms with Gasteiger partial charge in [-0.15, -0.1) is 0 Å². The Balaban J connectivity index is 2.18. The second kappa shape index (κ2) is 5.84. The third kappa shape index (κ3) is 2.56. The van der Waals surface area contributed by atoms with E-state index in [4.69, 9.17) is 5.26 Å². The van der Waals surface area contributed by atoms with Gasteiger partial charge in [0.2, 0.25) is 5.91 Å². The van der Waals surface area contributed by atoms with Crippen molar-refractivity contribution in [1.29, 1.82) is 5.26 Å². The monoisotopic (exact) mass is 335 g/mol. The maximum absolute atomic E-state index is 11.9. The summed E-state index contributed by atoms with van der Waals surface area (Å²) in [5.41, 5.74) is 0.701. The number of nitrogens with one attached hydrogen (secondary N) is 1. The summed E-state index contributed by atoms with van der Waals surface area (Å²) in [5, 5.41) is 10.9. The molecule has 0 saturated heterocycles. The third-order valence-electron chi connectivity index (χ3n) is 2.80. The van der Waals surface area contributed by atoms with Gasteiger partial charge in [-0.05, 0) is 28.1 Å². The number of carbonyl (C=O) groups excluding carboxylic acids is 3. The minimum Gasteiger partial charge on any atom is -0.354 e. The highest BCUT2D eigenvalue weighted by molar-refractivity contribution is 9.10. The quantitative estimate of drug-likeness (QED) is 0.656. The molecule has 0 saturated carbocycles. The lowest BCUT2D eigenvalue weighted by molar-refractivity contribution is -0.122. The first-order valence-corrected chi connectivity index (χ1v) is 6.64. The van der Waals surface area contributed by atoms with E-state index in [9.17, 15) is 14.4 Å². The number of benzene rings is 1. The number of nitrogens with zero attached hydrogens (tertiary/aromatic N) is 2. The van der Waals surface area contributed by atoms with Crippen molar-refractivity contribution < 1.29 is 14.4 Å². The summed E-state index contributed by atoms with van der Waals surface area (Å²) in [6, 6.07) is 6.81. The summed E-state index contributed by atoms with van der Waals surface area (Å²) < 4.78 is 0.582. The molecule has 0 bridgehead atoms. The Morgan fingerprint density at radius 1 is 1.40 bits per heavy atom. The maximum Gasteiger partial charge on any atom is 0.299 e. The predicted octanol–water partition coefficient (Wildman–Crippen LogP) is 1.01. The second-order valence-electron chi connectivity index (χ2n) is 4.11. The molecule has 0 spiro atoms. The largest absolute Gasteiger partial charge is 0.354 e. The number of hydrogen-bond acceptors (Lipinski definition) is 4. The fourth-order valence-corrected chi connectivity index (χ4v) is 2.50. The topological polar surface area (TPSA) is 90.3 Å². The van der Waals surface area contributed by atoms with Crippen LogP contribution in [0.4, 0.5) is 5.69 Å². The second-order valence-corrected chi connectivity index (χ2v) is 4.97. The van der Waals surface area contributed by atoms with E-state index < -0.39 is 17.6 Å². The molecule has 0 aromatic heterocycles. The standard InChI is InChI=1S/C13H10BrN3O3/c14-9-4-1-3-8-11(9)17(13(20)12(8)19)7-10(18)16-6-2-5-15/h1,3-4H,2,6-7H2,(H,16,18). The summed E-state index contributed by atoms with van der Waals surface area (Å²) >= 11 is 3.28. The fraction of sp³-hybridized carbons (Fsp3) is 0.231. The van der Waals surface area contributed by atoms with Gasteiger partial charge in [-0.1, -0.05) is 6.07 Å². The molecule has 2 amide bonds. The van der Waals surface area contributed by atoms with Crippen LogP contribution < -0.4 is 10.2 Å². The van der Waals surface area contributed by atoms with Crippen LogP contribution in [0.3, 0.4) is 0 Å². The van der Waals surface area contributed by atoms with Crippen molar-refractivity contribution >= 4 is 39.2 Å². The number of para-hydroxylation sites is 1. The van der Waals surface area contributed by atoms with Gasteiger partial charge in [0.1, 0.15) is 6.54 Å². The number of carbonyl (C=O) groups is 3. The Bertz CT molecular complexity index is 636. The van der Waals surface area contributed by atoms with Crippen LogP contribution >= 0.6 is 15.9 Å². The summed E-state index contributed by atoms with van der Waals surface area (Å²) in [5.74, 6) is -1.75. The molecule has 1 aliphatic heterocycles. The number of nitriles is 1. The normalized spacial score (nSPS) is 13.1. The maximum atomic E-state index is 11.9. The number of halogens is 1. The van der Waals surface area contributed by atoms with Gasteiger partial charge in [-0.25, -0.2) is 0 Å². The Kier molecular flexibility index (Phi) is 4.15. The molecule has 1 aliphatic rings. The van der Waals surface area contributed by atoms with Gasteiger partial charge in [-0.2, -0.15) is 5.26 Å². The summed E-state index contributed by atoms with van der Waals surface area (Å²) in [7, 11) is 0. The van der Waals surface area contributed by atoms with Crippen molar-refractivity contribution in [2.24, 2.45) is 0 Å². The average Bonchev–Trinajstić information content (AvgIpc) is 2.66. The van der Waals surface area contributed by atoms with Gasteiger partial charge >= 0.3 is 0 Å². The molecule has 1 aromatic rings. The molecule has 0 atom stereocenters. The molecule has 2 rings (SSSR count). The first-order chi connectivity index (χ1) is 9.56. The van der Waals surface area contributed by atoms with E-state index in [1.807, 2.05) is 6.07 Å². The van der Waals surface area contributed by atoms with Gasteiger partial charge in [0.05, 0.1) is 23.7 Å². The van der Waals surface area contributed by atoms with E-state index in [1.165, 1.54) is 0 Å². The van der Waals surface area contributed by atoms with E-state index in [2.05, 4.69) is 21.2 Å². The van der Waals surface area contributed by atoms with Gasteiger partial charge < -0.3 is 5.32 Å². The Labute approximate surface area is 123 Å². The first kappa shape index (κ1) is 14.2.